The number of nitrogens with zero attached hydrogens (tertiary/aromatic N) is 1. The molecule has 1 aromatic rings. The van der Waals surface area contributed by atoms with Crippen LogP contribution in [0, 0.1) is 12.8 Å². The van der Waals surface area contributed by atoms with E-state index in [-0.39, 0.29) is 29.7 Å². The number of aryl methyl sites for hydroxylation is 1. The molecule has 0 spiro atoms. The summed E-state index contributed by atoms with van der Waals surface area (Å²) in [5.41, 5.74) is 5.67. The first-order chi connectivity index (χ1) is 17.1. The van der Waals surface area contributed by atoms with Crippen molar-refractivity contribution in [2.75, 3.05) is 0 Å². The average molecular weight is 519 g/mol. The van der Waals surface area contributed by atoms with Crippen LogP contribution in [0.3, 0.4) is 0 Å². The quantitative estimate of drug-likeness (QED) is 0.353. The van der Waals surface area contributed by atoms with Crippen LogP contribution in [0.1, 0.15) is 84.4 Å². The SMILES string of the molecule is CCCC(C)NC(=O)C(c1ccc(O)c(C)c1)N(C(=O)C(CC(N)=O)NC(=O)OC(C)(C)C)C1CC1C. The van der Waals surface area contributed by atoms with E-state index in [4.69, 9.17) is 10.5 Å². The molecular formula is C27H42N4O6. The standard InChI is InChI=1S/C27H42N4O6/c1-8-9-17(4)29-24(34)23(18-10-11-21(32)16(3)12-18)31(20-13-15(20)2)25(35)19(14-22(28)33)30-26(36)37-27(5,6)7/h10-12,15,17,19-20,23,32H,8-9,13-14H2,1-7H3,(H2,28,33)(H,29,34)(H,30,36). The molecule has 0 saturated heterocycles. The van der Waals surface area contributed by atoms with Crippen molar-refractivity contribution in [3.05, 3.63) is 29.3 Å². The summed E-state index contributed by atoms with van der Waals surface area (Å²) in [6.07, 6.45) is 0.963. The zero-order valence-corrected chi connectivity index (χ0v) is 23.0. The Morgan fingerprint density at radius 2 is 1.84 bits per heavy atom. The zero-order chi connectivity index (χ0) is 28.1. The van der Waals surface area contributed by atoms with Crippen LogP contribution < -0.4 is 16.4 Å². The van der Waals surface area contributed by atoms with Gasteiger partial charge in [0.2, 0.25) is 17.7 Å². The second-order valence-electron chi connectivity index (χ2n) is 11.0. The number of benzene rings is 1. The van der Waals surface area contributed by atoms with Crippen molar-refractivity contribution < 1.29 is 29.0 Å². The first-order valence-electron chi connectivity index (χ1n) is 12.8. The predicted molar refractivity (Wildman–Crippen MR) is 139 cm³/mol. The number of alkyl carbamates (subject to hydrolysis) is 1. The molecule has 0 aliphatic heterocycles. The van der Waals surface area contributed by atoms with E-state index in [1.165, 1.54) is 11.0 Å². The van der Waals surface area contributed by atoms with Crippen molar-refractivity contribution in [1.29, 1.82) is 0 Å². The van der Waals surface area contributed by atoms with E-state index in [0.717, 1.165) is 12.8 Å². The molecule has 5 unspecified atom stereocenters. The highest BCUT2D eigenvalue weighted by Gasteiger charge is 2.48. The third-order valence-corrected chi connectivity index (χ3v) is 6.25. The summed E-state index contributed by atoms with van der Waals surface area (Å²) in [4.78, 5) is 53.6. The minimum atomic E-state index is -1.32. The number of hydrogen-bond acceptors (Lipinski definition) is 6. The number of ether oxygens (including phenoxy) is 1. The lowest BCUT2D eigenvalue weighted by Gasteiger charge is -2.35. The molecule has 206 valence electrons. The van der Waals surface area contributed by atoms with Gasteiger partial charge in [0.05, 0.1) is 6.42 Å². The number of amides is 4. The number of carbonyl (C=O) groups excluding carboxylic acids is 4. The number of phenolic OH excluding ortho intramolecular Hbond substituents is 1. The van der Waals surface area contributed by atoms with Crippen LogP contribution in [-0.4, -0.2) is 57.5 Å². The first-order valence-corrected chi connectivity index (χ1v) is 12.8. The summed E-state index contributed by atoms with van der Waals surface area (Å²) in [5.74, 6) is -1.59. The van der Waals surface area contributed by atoms with Gasteiger partial charge in [-0.3, -0.25) is 14.4 Å². The Labute approximate surface area is 219 Å². The molecule has 0 aromatic heterocycles. The number of phenols is 1. The van der Waals surface area contributed by atoms with Crippen molar-refractivity contribution in [2.45, 2.75) is 104 Å². The summed E-state index contributed by atoms with van der Waals surface area (Å²) >= 11 is 0. The van der Waals surface area contributed by atoms with Gasteiger partial charge in [0.15, 0.2) is 0 Å². The Balaban J connectivity index is 2.53. The van der Waals surface area contributed by atoms with Gasteiger partial charge in [0.1, 0.15) is 23.4 Å². The minimum absolute atomic E-state index is 0.0677. The van der Waals surface area contributed by atoms with Gasteiger partial charge in [0, 0.05) is 12.1 Å². The number of nitrogens with two attached hydrogens (primary N) is 1. The molecule has 1 aliphatic carbocycles. The molecule has 0 heterocycles. The third kappa shape index (κ3) is 8.65. The van der Waals surface area contributed by atoms with Crippen LogP contribution in [0.25, 0.3) is 0 Å². The molecule has 5 N–H and O–H groups in total. The summed E-state index contributed by atoms with van der Waals surface area (Å²) < 4.78 is 5.30. The lowest BCUT2D eigenvalue weighted by molar-refractivity contribution is -0.144. The maximum absolute atomic E-state index is 14.0. The zero-order valence-electron chi connectivity index (χ0n) is 23.0. The van der Waals surface area contributed by atoms with Crippen LogP contribution in [0.5, 0.6) is 5.75 Å². The number of aromatic hydroxyl groups is 1. The van der Waals surface area contributed by atoms with E-state index < -0.39 is 42.0 Å². The molecule has 0 radical (unpaired) electrons. The van der Waals surface area contributed by atoms with Gasteiger partial charge in [-0.05, 0) is 76.6 Å². The summed E-state index contributed by atoms with van der Waals surface area (Å²) in [7, 11) is 0. The largest absolute Gasteiger partial charge is 0.508 e. The molecule has 1 saturated carbocycles. The fraction of sp³-hybridized carbons (Fsp3) is 0.630. The minimum Gasteiger partial charge on any atom is -0.508 e. The number of nitrogens with one attached hydrogen (secondary N) is 2. The molecule has 37 heavy (non-hydrogen) atoms. The van der Waals surface area contributed by atoms with Crippen molar-refractivity contribution in [3.8, 4) is 5.75 Å². The summed E-state index contributed by atoms with van der Waals surface area (Å²) in [6.45, 7) is 12.6. The first kappa shape index (κ1) is 29.9. The fourth-order valence-corrected chi connectivity index (χ4v) is 4.32. The second-order valence-corrected chi connectivity index (χ2v) is 11.0. The van der Waals surface area contributed by atoms with Crippen molar-refractivity contribution in [2.24, 2.45) is 11.7 Å². The normalized spacial score (nSPS) is 19.2. The predicted octanol–water partition coefficient (Wildman–Crippen LogP) is 3.05. The topological polar surface area (TPSA) is 151 Å². The van der Waals surface area contributed by atoms with Crippen LogP contribution in [0.15, 0.2) is 18.2 Å². The van der Waals surface area contributed by atoms with E-state index >= 15 is 0 Å². The Hall–Kier alpha value is -3.30. The third-order valence-electron chi connectivity index (χ3n) is 6.25. The summed E-state index contributed by atoms with van der Waals surface area (Å²) in [5, 5.41) is 15.6. The molecular weight excluding hydrogens is 476 g/mol. The van der Waals surface area contributed by atoms with Crippen LogP contribution in [0.4, 0.5) is 4.79 Å². The molecule has 5 atom stereocenters. The number of hydrogen-bond donors (Lipinski definition) is 4. The molecule has 4 amide bonds. The van der Waals surface area contributed by atoms with Gasteiger partial charge in [-0.1, -0.05) is 26.3 Å². The van der Waals surface area contributed by atoms with Crippen molar-refractivity contribution in [1.82, 2.24) is 15.5 Å². The molecule has 0 bridgehead atoms. The van der Waals surface area contributed by atoms with Crippen molar-refractivity contribution in [3.63, 3.8) is 0 Å². The average Bonchev–Trinajstić information content (AvgIpc) is 3.47. The van der Waals surface area contributed by atoms with Crippen LogP contribution in [0.2, 0.25) is 0 Å². The smallest absolute Gasteiger partial charge is 0.408 e. The van der Waals surface area contributed by atoms with Gasteiger partial charge in [-0.25, -0.2) is 4.79 Å². The highest BCUT2D eigenvalue weighted by atomic mass is 16.6. The van der Waals surface area contributed by atoms with Crippen molar-refractivity contribution >= 4 is 23.8 Å². The van der Waals surface area contributed by atoms with Gasteiger partial charge < -0.3 is 31.1 Å². The highest BCUT2D eigenvalue weighted by Crippen LogP contribution is 2.41. The Kier molecular flexibility index (Phi) is 9.94. The lowest BCUT2D eigenvalue weighted by atomic mass is 9.99. The van der Waals surface area contributed by atoms with Crippen LogP contribution >= 0.6 is 0 Å². The highest BCUT2D eigenvalue weighted by molar-refractivity contribution is 5.95. The lowest BCUT2D eigenvalue weighted by Crippen LogP contribution is -2.55. The van der Waals surface area contributed by atoms with Gasteiger partial charge in [0.25, 0.3) is 0 Å². The Bertz CT molecular complexity index is 1010. The number of rotatable bonds is 11. The van der Waals surface area contributed by atoms with E-state index in [1.54, 1.807) is 39.8 Å². The van der Waals surface area contributed by atoms with E-state index in [1.807, 2.05) is 20.8 Å². The van der Waals surface area contributed by atoms with Gasteiger partial charge in [-0.15, -0.1) is 0 Å². The Morgan fingerprint density at radius 3 is 2.32 bits per heavy atom. The van der Waals surface area contributed by atoms with Crippen LogP contribution in [-0.2, 0) is 19.1 Å². The Morgan fingerprint density at radius 1 is 1.22 bits per heavy atom. The summed E-state index contributed by atoms with van der Waals surface area (Å²) in [6, 6.07) is 1.98. The molecule has 1 aliphatic rings. The molecule has 10 nitrogen and oxygen atoms in total. The fourth-order valence-electron chi connectivity index (χ4n) is 4.32. The van der Waals surface area contributed by atoms with Gasteiger partial charge >= 0.3 is 6.09 Å². The molecule has 2 rings (SSSR count). The molecule has 10 heteroatoms. The van der Waals surface area contributed by atoms with E-state index in [2.05, 4.69) is 10.6 Å². The molecule has 1 fully saturated rings. The van der Waals surface area contributed by atoms with E-state index in [9.17, 15) is 24.3 Å². The van der Waals surface area contributed by atoms with E-state index in [0.29, 0.717) is 17.5 Å². The maximum Gasteiger partial charge on any atom is 0.408 e. The maximum atomic E-state index is 14.0. The number of primary amides is 1. The monoisotopic (exact) mass is 518 g/mol. The van der Waals surface area contributed by atoms with Gasteiger partial charge in [-0.2, -0.15) is 0 Å². The second kappa shape index (κ2) is 12.3. The molecule has 1 aromatic carbocycles. The number of carbonyl (C=O) groups is 4.